The molecule has 1 aliphatic rings. The minimum Gasteiger partial charge on any atom is -0.384 e. The van der Waals surface area contributed by atoms with Crippen LogP contribution in [-0.4, -0.2) is 15.0 Å². The summed E-state index contributed by atoms with van der Waals surface area (Å²) in [6, 6.07) is 9.78. The minimum absolute atomic E-state index is 0.0772. The lowest BCUT2D eigenvalue weighted by atomic mass is 10.0. The van der Waals surface area contributed by atoms with E-state index in [0.717, 1.165) is 23.4 Å². The second-order valence-electron chi connectivity index (χ2n) is 7.48. The smallest absolute Gasteiger partial charge is 0.238 e. The number of anilines is 1. The molecule has 26 heavy (non-hydrogen) atoms. The van der Waals surface area contributed by atoms with Crippen LogP contribution in [0, 0.1) is 24.1 Å². The van der Waals surface area contributed by atoms with Gasteiger partial charge in [0.15, 0.2) is 0 Å². The van der Waals surface area contributed by atoms with Crippen molar-refractivity contribution in [3.05, 3.63) is 58.4 Å². The molecule has 1 aliphatic carbocycles. The highest BCUT2D eigenvalue weighted by Crippen LogP contribution is 2.64. The summed E-state index contributed by atoms with van der Waals surface area (Å²) in [5.41, 5.74) is 2.79. The fourth-order valence-corrected chi connectivity index (χ4v) is 4.39. The molecule has 0 heterocycles. The van der Waals surface area contributed by atoms with Crippen molar-refractivity contribution >= 4 is 27.3 Å². The third kappa shape index (κ3) is 3.59. The van der Waals surface area contributed by atoms with Gasteiger partial charge in [-0.3, -0.25) is 0 Å². The van der Waals surface area contributed by atoms with E-state index >= 15 is 0 Å². The van der Waals surface area contributed by atoms with Crippen LogP contribution in [0.3, 0.4) is 0 Å². The largest absolute Gasteiger partial charge is 0.384 e. The molecule has 0 aliphatic heterocycles. The Morgan fingerprint density at radius 1 is 1.23 bits per heavy atom. The number of nitrogens with two attached hydrogens (primary N) is 1. The Morgan fingerprint density at radius 2 is 1.85 bits per heavy atom. The Morgan fingerprint density at radius 3 is 2.42 bits per heavy atom. The summed E-state index contributed by atoms with van der Waals surface area (Å²) in [5.74, 6) is 0.251. The zero-order valence-corrected chi connectivity index (χ0v) is 16.5. The van der Waals surface area contributed by atoms with Gasteiger partial charge in [-0.1, -0.05) is 37.6 Å². The Kier molecular flexibility index (Phi) is 4.80. The molecule has 3 N–H and O–H groups in total. The molecule has 0 bridgehead atoms. The fraction of sp³-hybridized carbons (Fsp3) is 0.368. The molecular formula is C19H22ClFN2O2S. The SMILES string of the molecule is Cc1cc(F)c(Cl)cc1NCC1C(c2ccc(S(N)(=O)=O)cc2)C1(C)C. The van der Waals surface area contributed by atoms with E-state index in [1.54, 1.807) is 18.2 Å². The lowest BCUT2D eigenvalue weighted by molar-refractivity contribution is 0.565. The number of nitrogens with one attached hydrogen (secondary N) is 1. The van der Waals surface area contributed by atoms with Crippen LogP contribution in [0.5, 0.6) is 0 Å². The predicted molar refractivity (Wildman–Crippen MR) is 102 cm³/mol. The summed E-state index contributed by atoms with van der Waals surface area (Å²) in [6.07, 6.45) is 0. The second-order valence-corrected chi connectivity index (χ2v) is 9.45. The van der Waals surface area contributed by atoms with Gasteiger partial charge in [0, 0.05) is 12.2 Å². The van der Waals surface area contributed by atoms with Gasteiger partial charge >= 0.3 is 0 Å². The monoisotopic (exact) mass is 396 g/mol. The average molecular weight is 397 g/mol. The van der Waals surface area contributed by atoms with Crippen LogP contribution in [0.1, 0.15) is 30.9 Å². The normalized spacial score (nSPS) is 21.5. The van der Waals surface area contributed by atoms with Crippen molar-refractivity contribution in [3.63, 3.8) is 0 Å². The maximum atomic E-state index is 13.5. The molecule has 4 nitrogen and oxygen atoms in total. The molecule has 0 amide bonds. The zero-order valence-electron chi connectivity index (χ0n) is 14.9. The van der Waals surface area contributed by atoms with Gasteiger partial charge in [-0.05, 0) is 59.6 Å². The highest BCUT2D eigenvalue weighted by molar-refractivity contribution is 7.89. The van der Waals surface area contributed by atoms with Crippen LogP contribution in [0.2, 0.25) is 5.02 Å². The summed E-state index contributed by atoms with van der Waals surface area (Å²) < 4.78 is 36.3. The quantitative estimate of drug-likeness (QED) is 0.791. The molecule has 0 spiro atoms. The minimum atomic E-state index is -3.68. The first-order chi connectivity index (χ1) is 12.0. The van der Waals surface area contributed by atoms with Crippen molar-refractivity contribution < 1.29 is 12.8 Å². The number of halogens is 2. The van der Waals surface area contributed by atoms with E-state index in [0.29, 0.717) is 11.8 Å². The molecule has 0 saturated heterocycles. The highest BCUT2D eigenvalue weighted by atomic mass is 35.5. The second kappa shape index (κ2) is 6.51. The Hall–Kier alpha value is -1.63. The van der Waals surface area contributed by atoms with E-state index in [4.69, 9.17) is 16.7 Å². The predicted octanol–water partition coefficient (Wildman–Crippen LogP) is 4.29. The zero-order chi connectivity index (χ0) is 19.3. The summed E-state index contributed by atoms with van der Waals surface area (Å²) in [4.78, 5) is 0.117. The molecule has 1 fully saturated rings. The van der Waals surface area contributed by atoms with E-state index in [1.807, 2.05) is 19.1 Å². The van der Waals surface area contributed by atoms with Gasteiger partial charge in [0.05, 0.1) is 9.92 Å². The summed E-state index contributed by atoms with van der Waals surface area (Å²) in [7, 11) is -3.68. The molecule has 7 heteroatoms. The molecule has 0 aromatic heterocycles. The van der Waals surface area contributed by atoms with E-state index in [2.05, 4.69) is 19.2 Å². The van der Waals surface area contributed by atoms with Crippen LogP contribution in [0.15, 0.2) is 41.3 Å². The van der Waals surface area contributed by atoms with E-state index in [9.17, 15) is 12.8 Å². The third-order valence-corrected chi connectivity index (χ3v) is 6.62. The number of hydrogen-bond donors (Lipinski definition) is 2. The number of rotatable bonds is 5. The molecule has 2 aromatic carbocycles. The lowest BCUT2D eigenvalue weighted by Crippen LogP contribution is -2.11. The maximum Gasteiger partial charge on any atom is 0.238 e. The summed E-state index contributed by atoms with van der Waals surface area (Å²) in [6.45, 7) is 6.92. The molecule has 2 atom stereocenters. The van der Waals surface area contributed by atoms with Gasteiger partial charge in [-0.15, -0.1) is 0 Å². The molecular weight excluding hydrogens is 375 g/mol. The van der Waals surface area contributed by atoms with Crippen molar-refractivity contribution in [2.24, 2.45) is 16.5 Å². The number of benzene rings is 2. The van der Waals surface area contributed by atoms with Crippen LogP contribution in [0.4, 0.5) is 10.1 Å². The summed E-state index contributed by atoms with van der Waals surface area (Å²) >= 11 is 5.87. The van der Waals surface area contributed by atoms with Crippen molar-refractivity contribution in [2.45, 2.75) is 31.6 Å². The van der Waals surface area contributed by atoms with E-state index in [1.165, 1.54) is 6.07 Å². The first-order valence-corrected chi connectivity index (χ1v) is 10.3. The van der Waals surface area contributed by atoms with Crippen molar-refractivity contribution in [3.8, 4) is 0 Å². The van der Waals surface area contributed by atoms with Gasteiger partial charge < -0.3 is 5.32 Å². The van der Waals surface area contributed by atoms with Gasteiger partial charge in [-0.25, -0.2) is 17.9 Å². The molecule has 0 radical (unpaired) electrons. The van der Waals surface area contributed by atoms with E-state index in [-0.39, 0.29) is 15.3 Å². The van der Waals surface area contributed by atoms with Crippen molar-refractivity contribution in [2.75, 3.05) is 11.9 Å². The lowest BCUT2D eigenvalue weighted by Gasteiger charge is -2.11. The molecule has 2 aromatic rings. The average Bonchev–Trinajstić information content (AvgIpc) is 3.10. The standard InChI is InChI=1S/C19H22ClFN2O2S/c1-11-8-16(21)15(20)9-17(11)23-10-14-18(19(14,2)3)12-4-6-13(7-5-12)26(22,24)25/h4-9,14,18,23H,10H2,1-3H3,(H2,22,24,25). The first-order valence-electron chi connectivity index (χ1n) is 8.34. The van der Waals surface area contributed by atoms with Gasteiger partial charge in [0.25, 0.3) is 0 Å². The maximum absolute atomic E-state index is 13.5. The third-order valence-electron chi connectivity index (χ3n) is 5.40. The van der Waals surface area contributed by atoms with Crippen molar-refractivity contribution in [1.82, 2.24) is 0 Å². The first kappa shape index (κ1) is 19.1. The number of aryl methyl sites for hydroxylation is 1. The van der Waals surface area contributed by atoms with Crippen LogP contribution < -0.4 is 10.5 Å². The summed E-state index contributed by atoms with van der Waals surface area (Å²) in [5, 5.41) is 8.62. The number of primary sulfonamides is 1. The molecule has 3 rings (SSSR count). The fourth-order valence-electron chi connectivity index (χ4n) is 3.71. The van der Waals surface area contributed by atoms with Crippen LogP contribution in [-0.2, 0) is 10.0 Å². The number of hydrogen-bond acceptors (Lipinski definition) is 3. The molecule has 2 unspecified atom stereocenters. The van der Waals surface area contributed by atoms with Gasteiger partial charge in [0.1, 0.15) is 5.82 Å². The van der Waals surface area contributed by atoms with Crippen molar-refractivity contribution in [1.29, 1.82) is 0 Å². The highest BCUT2D eigenvalue weighted by Gasteiger charge is 2.57. The molecule has 1 saturated carbocycles. The van der Waals surface area contributed by atoms with Gasteiger partial charge in [-0.2, -0.15) is 0 Å². The Bertz CT molecular complexity index is 943. The van der Waals surface area contributed by atoms with Crippen LogP contribution >= 0.6 is 11.6 Å². The molecule has 140 valence electrons. The van der Waals surface area contributed by atoms with Gasteiger partial charge in [0.2, 0.25) is 10.0 Å². The topological polar surface area (TPSA) is 72.2 Å². The van der Waals surface area contributed by atoms with Crippen LogP contribution in [0.25, 0.3) is 0 Å². The van der Waals surface area contributed by atoms with E-state index < -0.39 is 15.8 Å². The Labute approximate surface area is 158 Å². The number of sulfonamides is 1. The Balaban J connectivity index is 1.73.